The minimum atomic E-state index is -0.254. The molecule has 4 rings (SSSR count). The summed E-state index contributed by atoms with van der Waals surface area (Å²) < 4.78 is 6.97. The van der Waals surface area contributed by atoms with Crippen molar-refractivity contribution >= 4 is 17.5 Å². The molecular weight excluding hydrogens is 342 g/mol. The molecule has 1 atom stereocenters. The van der Waals surface area contributed by atoms with E-state index in [0.717, 1.165) is 18.4 Å². The predicted molar refractivity (Wildman–Crippen MR) is 91.0 cm³/mol. The van der Waals surface area contributed by atoms with Gasteiger partial charge in [-0.25, -0.2) is 0 Å². The van der Waals surface area contributed by atoms with Gasteiger partial charge in [0.05, 0.1) is 5.02 Å². The number of rotatable bonds is 3. The van der Waals surface area contributed by atoms with Gasteiger partial charge >= 0.3 is 0 Å². The standard InChI is InChI=1S/C17H16ClN5O2/c1-22-10-12(18)14(20-22)17(24)23-9-5-8-13(23)16-19-15(21-25-16)11-6-3-2-4-7-11/h2-4,6-7,10,13H,5,8-9H2,1H3/t13-/m1/s1. The van der Waals surface area contributed by atoms with E-state index in [1.54, 1.807) is 18.1 Å². The van der Waals surface area contributed by atoms with Crippen molar-refractivity contribution in [2.75, 3.05) is 6.54 Å². The molecule has 0 unspecified atom stereocenters. The fraction of sp³-hybridized carbons (Fsp3) is 0.294. The number of aryl methyl sites for hydroxylation is 1. The zero-order valence-electron chi connectivity index (χ0n) is 13.6. The van der Waals surface area contributed by atoms with E-state index in [2.05, 4.69) is 15.2 Å². The number of hydrogen-bond acceptors (Lipinski definition) is 5. The van der Waals surface area contributed by atoms with Crippen molar-refractivity contribution in [1.82, 2.24) is 24.8 Å². The van der Waals surface area contributed by atoms with Crippen LogP contribution < -0.4 is 0 Å². The molecule has 0 aliphatic carbocycles. The van der Waals surface area contributed by atoms with Crippen LogP contribution in [0.4, 0.5) is 0 Å². The van der Waals surface area contributed by atoms with Gasteiger partial charge in [-0.1, -0.05) is 47.1 Å². The van der Waals surface area contributed by atoms with Crippen molar-refractivity contribution in [2.45, 2.75) is 18.9 Å². The molecule has 7 nitrogen and oxygen atoms in total. The van der Waals surface area contributed by atoms with E-state index in [9.17, 15) is 4.79 Å². The van der Waals surface area contributed by atoms with Crippen molar-refractivity contribution in [1.29, 1.82) is 0 Å². The lowest BCUT2D eigenvalue weighted by atomic mass is 10.2. The van der Waals surface area contributed by atoms with E-state index in [0.29, 0.717) is 23.3 Å². The molecule has 1 fully saturated rings. The normalized spacial score (nSPS) is 17.2. The molecule has 128 valence electrons. The Hall–Kier alpha value is -2.67. The topological polar surface area (TPSA) is 77.0 Å². The number of likely N-dealkylation sites (tertiary alicyclic amines) is 1. The third kappa shape index (κ3) is 2.91. The summed E-state index contributed by atoms with van der Waals surface area (Å²) in [6.07, 6.45) is 3.25. The second-order valence-corrected chi connectivity index (χ2v) is 6.39. The molecule has 1 aromatic carbocycles. The van der Waals surface area contributed by atoms with Crippen molar-refractivity contribution in [3.63, 3.8) is 0 Å². The number of hydrogen-bond donors (Lipinski definition) is 0. The lowest BCUT2D eigenvalue weighted by molar-refractivity contribution is 0.0703. The number of aromatic nitrogens is 4. The molecule has 3 aromatic rings. The molecule has 8 heteroatoms. The van der Waals surface area contributed by atoms with Gasteiger partial charge in [0.2, 0.25) is 11.7 Å². The Kier molecular flexibility index (Phi) is 4.01. The Morgan fingerprint density at radius 3 is 2.84 bits per heavy atom. The number of nitrogens with zero attached hydrogens (tertiary/aromatic N) is 5. The first-order valence-corrected chi connectivity index (χ1v) is 8.40. The third-order valence-corrected chi connectivity index (χ3v) is 4.54. The van der Waals surface area contributed by atoms with E-state index in [1.165, 1.54) is 4.68 Å². The Morgan fingerprint density at radius 1 is 1.32 bits per heavy atom. The smallest absolute Gasteiger partial charge is 0.276 e. The molecule has 2 aromatic heterocycles. The maximum atomic E-state index is 12.8. The summed E-state index contributed by atoms with van der Waals surface area (Å²) in [7, 11) is 1.73. The zero-order chi connectivity index (χ0) is 17.4. The highest BCUT2D eigenvalue weighted by atomic mass is 35.5. The first-order valence-electron chi connectivity index (χ1n) is 8.02. The first-order chi connectivity index (χ1) is 12.1. The van der Waals surface area contributed by atoms with Crippen molar-refractivity contribution < 1.29 is 9.32 Å². The van der Waals surface area contributed by atoms with Gasteiger partial charge in [-0.3, -0.25) is 9.48 Å². The van der Waals surface area contributed by atoms with Gasteiger partial charge in [-0.2, -0.15) is 10.1 Å². The molecule has 0 radical (unpaired) electrons. The molecule has 0 spiro atoms. The van der Waals surface area contributed by atoms with Crippen LogP contribution in [-0.2, 0) is 7.05 Å². The predicted octanol–water partition coefficient (Wildman–Crippen LogP) is 3.10. The monoisotopic (exact) mass is 357 g/mol. The lowest BCUT2D eigenvalue weighted by Gasteiger charge is -2.20. The average molecular weight is 358 g/mol. The molecule has 0 N–H and O–H groups in total. The molecular formula is C17H16ClN5O2. The fourth-order valence-corrected chi connectivity index (χ4v) is 3.34. The minimum Gasteiger partial charge on any atom is -0.337 e. The highest BCUT2D eigenvalue weighted by molar-refractivity contribution is 6.33. The second-order valence-electron chi connectivity index (χ2n) is 5.98. The summed E-state index contributed by atoms with van der Waals surface area (Å²) in [5.74, 6) is 0.745. The maximum Gasteiger partial charge on any atom is 0.276 e. The lowest BCUT2D eigenvalue weighted by Crippen LogP contribution is -2.31. The molecule has 1 amide bonds. The molecule has 0 saturated carbocycles. The van der Waals surface area contributed by atoms with Gasteiger partial charge in [0.15, 0.2) is 5.69 Å². The van der Waals surface area contributed by atoms with Gasteiger partial charge in [-0.15, -0.1) is 0 Å². The van der Waals surface area contributed by atoms with Gasteiger partial charge < -0.3 is 9.42 Å². The Morgan fingerprint density at radius 2 is 2.12 bits per heavy atom. The molecule has 25 heavy (non-hydrogen) atoms. The maximum absolute atomic E-state index is 12.8. The van der Waals surface area contributed by atoms with Gasteiger partial charge in [0.25, 0.3) is 5.91 Å². The summed E-state index contributed by atoms with van der Waals surface area (Å²) in [6, 6.07) is 9.34. The Balaban J connectivity index is 1.61. The van der Waals surface area contributed by atoms with Crippen LogP contribution in [0.25, 0.3) is 11.4 Å². The number of benzene rings is 1. The highest BCUT2D eigenvalue weighted by Gasteiger charge is 2.36. The summed E-state index contributed by atoms with van der Waals surface area (Å²) >= 11 is 6.11. The van der Waals surface area contributed by atoms with Crippen molar-refractivity contribution in [2.24, 2.45) is 7.05 Å². The molecule has 3 heterocycles. The summed E-state index contributed by atoms with van der Waals surface area (Å²) in [5, 5.41) is 8.55. The van der Waals surface area contributed by atoms with E-state index >= 15 is 0 Å². The van der Waals surface area contributed by atoms with Crippen LogP contribution >= 0.6 is 11.6 Å². The van der Waals surface area contributed by atoms with Crippen LogP contribution in [0, 0.1) is 0 Å². The molecule has 0 bridgehead atoms. The van der Waals surface area contributed by atoms with Crippen LogP contribution in [-0.4, -0.2) is 37.3 Å². The summed E-state index contributed by atoms with van der Waals surface area (Å²) in [6.45, 7) is 0.611. The Bertz CT molecular complexity index is 905. The molecule has 1 aliphatic heterocycles. The van der Waals surface area contributed by atoms with Crippen LogP contribution in [0.15, 0.2) is 41.1 Å². The highest BCUT2D eigenvalue weighted by Crippen LogP contribution is 2.33. The molecule has 1 saturated heterocycles. The number of amides is 1. The quantitative estimate of drug-likeness (QED) is 0.719. The summed E-state index contributed by atoms with van der Waals surface area (Å²) in [4.78, 5) is 19.0. The van der Waals surface area contributed by atoms with E-state index in [4.69, 9.17) is 16.1 Å². The first kappa shape index (κ1) is 15.8. The SMILES string of the molecule is Cn1cc(Cl)c(C(=O)N2CCC[C@@H]2c2nc(-c3ccccc3)no2)n1. The van der Waals surface area contributed by atoms with Crippen LogP contribution in [0.5, 0.6) is 0 Å². The second kappa shape index (κ2) is 6.33. The average Bonchev–Trinajstić information content (AvgIpc) is 3.33. The van der Waals surface area contributed by atoms with Gasteiger partial charge in [0, 0.05) is 25.4 Å². The van der Waals surface area contributed by atoms with E-state index in [-0.39, 0.29) is 17.6 Å². The Labute approximate surface area is 149 Å². The number of halogens is 1. The van der Waals surface area contributed by atoms with Crippen LogP contribution in [0.2, 0.25) is 5.02 Å². The van der Waals surface area contributed by atoms with Crippen LogP contribution in [0.1, 0.15) is 35.3 Å². The van der Waals surface area contributed by atoms with Crippen molar-refractivity contribution in [3.05, 3.63) is 53.1 Å². The van der Waals surface area contributed by atoms with Crippen molar-refractivity contribution in [3.8, 4) is 11.4 Å². The zero-order valence-corrected chi connectivity index (χ0v) is 14.3. The summed E-state index contributed by atoms with van der Waals surface area (Å²) in [5.41, 5.74) is 1.13. The van der Waals surface area contributed by atoms with E-state index < -0.39 is 0 Å². The van der Waals surface area contributed by atoms with Crippen LogP contribution in [0.3, 0.4) is 0 Å². The number of carbonyl (C=O) groups excluding carboxylic acids is 1. The fourth-order valence-electron chi connectivity index (χ4n) is 3.08. The van der Waals surface area contributed by atoms with Gasteiger partial charge in [-0.05, 0) is 12.8 Å². The van der Waals surface area contributed by atoms with E-state index in [1.807, 2.05) is 30.3 Å². The minimum absolute atomic E-state index is 0.215. The molecule has 1 aliphatic rings. The number of carbonyl (C=O) groups is 1. The van der Waals surface area contributed by atoms with Gasteiger partial charge in [0.1, 0.15) is 6.04 Å². The largest absolute Gasteiger partial charge is 0.337 e. The third-order valence-electron chi connectivity index (χ3n) is 4.26.